The third-order valence-corrected chi connectivity index (χ3v) is 3.50. The van der Waals surface area contributed by atoms with Crippen LogP contribution >= 0.6 is 0 Å². The second kappa shape index (κ2) is 4.26. The molecular weight excluding hydrogens is 160 g/mol. The molecule has 0 radical (unpaired) electrons. The number of carbonyl (C=O) groups excluding carboxylic acids is 1. The van der Waals surface area contributed by atoms with Gasteiger partial charge in [0.15, 0.2) is 0 Å². The van der Waals surface area contributed by atoms with Crippen LogP contribution in [0.4, 0.5) is 0 Å². The Morgan fingerprint density at radius 3 is 2.08 bits per heavy atom. The molecule has 1 rings (SSSR count). The highest BCUT2D eigenvalue weighted by molar-refractivity contribution is 5.49. The van der Waals surface area contributed by atoms with Crippen LogP contribution in [-0.2, 0) is 4.79 Å². The van der Waals surface area contributed by atoms with Gasteiger partial charge >= 0.3 is 0 Å². The molecule has 0 unspecified atom stereocenters. The zero-order chi connectivity index (χ0) is 9.90. The fourth-order valence-corrected chi connectivity index (χ4v) is 2.40. The summed E-state index contributed by atoms with van der Waals surface area (Å²) in [5, 5.41) is 0. The van der Waals surface area contributed by atoms with Crippen molar-refractivity contribution in [3.05, 3.63) is 0 Å². The van der Waals surface area contributed by atoms with Gasteiger partial charge in [0.2, 0.25) is 0 Å². The molecule has 0 atom stereocenters. The van der Waals surface area contributed by atoms with E-state index in [1.165, 1.54) is 25.7 Å². The van der Waals surface area contributed by atoms with Crippen molar-refractivity contribution < 1.29 is 4.79 Å². The van der Waals surface area contributed by atoms with Crippen LogP contribution in [0.2, 0.25) is 0 Å². The van der Waals surface area contributed by atoms with E-state index in [-0.39, 0.29) is 0 Å². The highest BCUT2D eigenvalue weighted by Gasteiger charge is 2.29. The maximum absolute atomic E-state index is 10.4. The molecule has 13 heavy (non-hydrogen) atoms. The molecule has 1 heteroatoms. The van der Waals surface area contributed by atoms with E-state index in [0.717, 1.165) is 18.6 Å². The maximum atomic E-state index is 10.4. The molecule has 0 spiro atoms. The van der Waals surface area contributed by atoms with Crippen LogP contribution in [-0.4, -0.2) is 6.29 Å². The van der Waals surface area contributed by atoms with Gasteiger partial charge in [-0.05, 0) is 42.9 Å². The van der Waals surface area contributed by atoms with E-state index >= 15 is 0 Å². The highest BCUT2D eigenvalue weighted by atomic mass is 16.1. The summed E-state index contributed by atoms with van der Waals surface area (Å²) >= 11 is 0. The molecule has 1 nitrogen and oxygen atoms in total. The second-order valence-corrected chi connectivity index (χ2v) is 5.49. The lowest BCUT2D eigenvalue weighted by Crippen LogP contribution is -2.25. The summed E-state index contributed by atoms with van der Waals surface area (Å²) in [7, 11) is 0. The zero-order valence-corrected chi connectivity index (χ0v) is 9.18. The van der Waals surface area contributed by atoms with Crippen LogP contribution in [0.5, 0.6) is 0 Å². The lowest BCUT2D eigenvalue weighted by atomic mass is 9.69. The second-order valence-electron chi connectivity index (χ2n) is 5.49. The minimum atomic E-state index is 0.464. The van der Waals surface area contributed by atoms with Crippen molar-refractivity contribution in [1.82, 2.24) is 0 Å². The van der Waals surface area contributed by atoms with Gasteiger partial charge in [0.25, 0.3) is 0 Å². The minimum absolute atomic E-state index is 0.464. The summed E-state index contributed by atoms with van der Waals surface area (Å²) in [6, 6.07) is 0. The molecule has 1 saturated carbocycles. The third-order valence-electron chi connectivity index (χ3n) is 3.50. The third kappa shape index (κ3) is 3.13. The van der Waals surface area contributed by atoms with Crippen molar-refractivity contribution in [2.45, 2.75) is 52.9 Å². The first-order valence-corrected chi connectivity index (χ1v) is 5.47. The number of hydrogen-bond donors (Lipinski definition) is 0. The molecule has 1 aliphatic rings. The van der Waals surface area contributed by atoms with Gasteiger partial charge in [0.1, 0.15) is 6.29 Å². The summed E-state index contributed by atoms with van der Waals surface area (Å²) in [6.45, 7) is 6.99. The number of aldehydes is 1. The predicted octanol–water partition coefficient (Wildman–Crippen LogP) is 3.43. The monoisotopic (exact) mass is 182 g/mol. The van der Waals surface area contributed by atoms with Gasteiger partial charge in [-0.2, -0.15) is 0 Å². The average molecular weight is 182 g/mol. The first-order valence-electron chi connectivity index (χ1n) is 5.47. The SMILES string of the molecule is CC(C)(C)C1CCC(CC=O)CC1. The zero-order valence-electron chi connectivity index (χ0n) is 9.18. The van der Waals surface area contributed by atoms with Gasteiger partial charge in [0, 0.05) is 6.42 Å². The largest absolute Gasteiger partial charge is 0.303 e. The summed E-state index contributed by atoms with van der Waals surface area (Å²) in [5.41, 5.74) is 0.464. The number of hydrogen-bond acceptors (Lipinski definition) is 1. The van der Waals surface area contributed by atoms with Crippen LogP contribution in [0.3, 0.4) is 0 Å². The normalized spacial score (nSPS) is 30.1. The lowest BCUT2D eigenvalue weighted by Gasteiger charge is -2.36. The fraction of sp³-hybridized carbons (Fsp3) is 0.917. The van der Waals surface area contributed by atoms with Crippen molar-refractivity contribution in [1.29, 1.82) is 0 Å². The molecule has 1 fully saturated rings. The first-order chi connectivity index (χ1) is 6.04. The predicted molar refractivity (Wildman–Crippen MR) is 55.6 cm³/mol. The topological polar surface area (TPSA) is 17.1 Å². The van der Waals surface area contributed by atoms with E-state index in [1.807, 2.05) is 0 Å². The summed E-state index contributed by atoms with van der Waals surface area (Å²) in [4.78, 5) is 10.4. The molecule has 0 aliphatic heterocycles. The van der Waals surface area contributed by atoms with Gasteiger partial charge in [0.05, 0.1) is 0 Å². The molecule has 0 N–H and O–H groups in total. The quantitative estimate of drug-likeness (QED) is 0.598. The van der Waals surface area contributed by atoms with E-state index < -0.39 is 0 Å². The Balaban J connectivity index is 2.34. The molecule has 0 bridgehead atoms. The van der Waals surface area contributed by atoms with Crippen molar-refractivity contribution in [2.75, 3.05) is 0 Å². The Hall–Kier alpha value is -0.330. The van der Waals surface area contributed by atoms with Gasteiger partial charge in [-0.15, -0.1) is 0 Å². The average Bonchev–Trinajstić information content (AvgIpc) is 2.04. The van der Waals surface area contributed by atoms with E-state index in [9.17, 15) is 4.79 Å². The molecule has 0 heterocycles. The Morgan fingerprint density at radius 1 is 1.15 bits per heavy atom. The molecule has 0 amide bonds. The molecule has 76 valence electrons. The number of rotatable bonds is 2. The Morgan fingerprint density at radius 2 is 1.69 bits per heavy atom. The molecule has 0 aromatic rings. The van der Waals surface area contributed by atoms with Crippen LogP contribution in [0, 0.1) is 17.3 Å². The smallest absolute Gasteiger partial charge is 0.120 e. The summed E-state index contributed by atoms with van der Waals surface area (Å²) < 4.78 is 0. The fourth-order valence-electron chi connectivity index (χ4n) is 2.40. The molecule has 1 aliphatic carbocycles. The van der Waals surface area contributed by atoms with Crippen molar-refractivity contribution in [3.8, 4) is 0 Å². The minimum Gasteiger partial charge on any atom is -0.303 e. The van der Waals surface area contributed by atoms with Crippen molar-refractivity contribution >= 4 is 6.29 Å². The van der Waals surface area contributed by atoms with Crippen molar-refractivity contribution in [2.24, 2.45) is 17.3 Å². The van der Waals surface area contributed by atoms with E-state index in [2.05, 4.69) is 20.8 Å². The van der Waals surface area contributed by atoms with E-state index in [1.54, 1.807) is 0 Å². The van der Waals surface area contributed by atoms with Gasteiger partial charge in [-0.25, -0.2) is 0 Å². The Bertz CT molecular complexity index is 158. The molecular formula is C12H22O. The van der Waals surface area contributed by atoms with Crippen LogP contribution in [0.15, 0.2) is 0 Å². The standard InChI is InChI=1S/C12H22O/c1-12(2,3)11-6-4-10(5-7-11)8-9-13/h9-11H,4-8H2,1-3H3. The summed E-state index contributed by atoms with van der Waals surface area (Å²) in [5.74, 6) is 1.56. The van der Waals surface area contributed by atoms with Crippen LogP contribution in [0.1, 0.15) is 52.9 Å². The first kappa shape index (κ1) is 10.7. The Labute approximate surface area is 81.9 Å². The Kier molecular flexibility index (Phi) is 3.52. The summed E-state index contributed by atoms with van der Waals surface area (Å²) in [6.07, 6.45) is 7.05. The number of carbonyl (C=O) groups is 1. The van der Waals surface area contributed by atoms with Gasteiger partial charge < -0.3 is 4.79 Å². The maximum Gasteiger partial charge on any atom is 0.120 e. The lowest BCUT2D eigenvalue weighted by molar-refractivity contribution is -0.108. The van der Waals surface area contributed by atoms with E-state index in [4.69, 9.17) is 0 Å². The van der Waals surface area contributed by atoms with Gasteiger partial charge in [-0.3, -0.25) is 0 Å². The molecule has 0 aromatic heterocycles. The van der Waals surface area contributed by atoms with E-state index in [0.29, 0.717) is 11.3 Å². The molecule has 0 aromatic carbocycles. The molecule has 0 saturated heterocycles. The van der Waals surface area contributed by atoms with Crippen molar-refractivity contribution in [3.63, 3.8) is 0 Å². The van der Waals surface area contributed by atoms with Crippen LogP contribution < -0.4 is 0 Å². The van der Waals surface area contributed by atoms with Crippen LogP contribution in [0.25, 0.3) is 0 Å². The van der Waals surface area contributed by atoms with Gasteiger partial charge in [-0.1, -0.05) is 20.8 Å². The highest BCUT2D eigenvalue weighted by Crippen LogP contribution is 2.40.